The number of carbonyl (C=O) groups is 1. The van der Waals surface area contributed by atoms with Gasteiger partial charge >= 0.3 is 0 Å². The van der Waals surface area contributed by atoms with Gasteiger partial charge in [-0.15, -0.1) is 0 Å². The quantitative estimate of drug-likeness (QED) is 0.555. The maximum Gasteiger partial charge on any atom is 0.220 e. The average molecular weight is 436 g/mol. The molecule has 1 N–H and O–H groups in total. The van der Waals surface area contributed by atoms with Gasteiger partial charge in [0.1, 0.15) is 5.75 Å². The minimum Gasteiger partial charge on any atom is -0.497 e. The van der Waals surface area contributed by atoms with Gasteiger partial charge in [0.15, 0.2) is 11.7 Å². The molecular weight excluding hydrogens is 406 g/mol. The molecule has 1 aliphatic rings. The van der Waals surface area contributed by atoms with E-state index in [9.17, 15) is 4.79 Å². The van der Waals surface area contributed by atoms with Gasteiger partial charge in [0.05, 0.1) is 32.6 Å². The first-order valence-electron chi connectivity index (χ1n) is 11.0. The van der Waals surface area contributed by atoms with Crippen LogP contribution in [0.5, 0.6) is 5.75 Å². The van der Waals surface area contributed by atoms with Gasteiger partial charge in [-0.25, -0.2) is 4.98 Å². The highest BCUT2D eigenvalue weighted by molar-refractivity contribution is 5.76. The number of oxazole rings is 1. The number of amides is 1. The van der Waals surface area contributed by atoms with Gasteiger partial charge in [0.25, 0.3) is 0 Å². The first-order valence-corrected chi connectivity index (χ1v) is 11.0. The number of rotatable bonds is 9. The van der Waals surface area contributed by atoms with Gasteiger partial charge in [-0.2, -0.15) is 0 Å². The van der Waals surface area contributed by atoms with Crippen molar-refractivity contribution in [3.8, 4) is 17.1 Å². The number of nitrogens with one attached hydrogen (secondary N) is 1. The lowest BCUT2D eigenvalue weighted by molar-refractivity contribution is -0.121. The van der Waals surface area contributed by atoms with Crippen LogP contribution >= 0.6 is 0 Å². The molecule has 2 aromatic carbocycles. The molecule has 7 heteroatoms. The zero-order valence-electron chi connectivity index (χ0n) is 18.3. The van der Waals surface area contributed by atoms with Gasteiger partial charge in [-0.1, -0.05) is 30.3 Å². The number of aryl methyl sites for hydroxylation is 1. The van der Waals surface area contributed by atoms with Gasteiger partial charge < -0.3 is 19.2 Å². The third-order valence-electron chi connectivity index (χ3n) is 5.66. The molecule has 1 aromatic heterocycles. The third-order valence-corrected chi connectivity index (χ3v) is 5.66. The van der Waals surface area contributed by atoms with Crippen molar-refractivity contribution < 1.29 is 18.7 Å². The summed E-state index contributed by atoms with van der Waals surface area (Å²) in [6.45, 7) is 3.72. The number of ether oxygens (including phenoxy) is 2. The lowest BCUT2D eigenvalue weighted by atomic mass is 10.0. The van der Waals surface area contributed by atoms with Crippen LogP contribution in [-0.4, -0.2) is 55.7 Å². The van der Waals surface area contributed by atoms with Gasteiger partial charge in [0, 0.05) is 38.0 Å². The first kappa shape index (κ1) is 22.0. The predicted octanol–water partition coefficient (Wildman–Crippen LogP) is 3.47. The van der Waals surface area contributed by atoms with E-state index in [0.29, 0.717) is 31.0 Å². The Morgan fingerprint density at radius 1 is 1.12 bits per heavy atom. The molecule has 168 valence electrons. The number of carbonyl (C=O) groups excluding carboxylic acids is 1. The summed E-state index contributed by atoms with van der Waals surface area (Å²) in [5, 5.41) is 3.10. The largest absolute Gasteiger partial charge is 0.497 e. The number of benzene rings is 2. The molecule has 0 bridgehead atoms. The molecule has 1 saturated heterocycles. The Morgan fingerprint density at radius 2 is 1.88 bits per heavy atom. The predicted molar refractivity (Wildman–Crippen MR) is 121 cm³/mol. The van der Waals surface area contributed by atoms with Crippen molar-refractivity contribution in [1.82, 2.24) is 15.2 Å². The Hall–Kier alpha value is -3.16. The number of hydrogen-bond acceptors (Lipinski definition) is 6. The van der Waals surface area contributed by atoms with Crippen LogP contribution in [0.25, 0.3) is 11.3 Å². The Labute approximate surface area is 188 Å². The van der Waals surface area contributed by atoms with E-state index in [1.807, 2.05) is 42.5 Å². The number of aromatic nitrogens is 1. The molecule has 2 heterocycles. The summed E-state index contributed by atoms with van der Waals surface area (Å²) in [7, 11) is 1.63. The molecule has 1 atom stereocenters. The molecule has 0 aliphatic carbocycles. The topological polar surface area (TPSA) is 76.8 Å². The highest BCUT2D eigenvalue weighted by Crippen LogP contribution is 2.24. The standard InChI is InChI=1S/C25H29N3O4/c1-30-21-9-7-20(8-10-21)23-18-27-25(32-23)12-11-24(29)26-17-22(19-5-3-2-4-6-19)28-13-15-31-16-14-28/h2-10,18,22H,11-17H2,1H3,(H,26,29). The highest BCUT2D eigenvalue weighted by Gasteiger charge is 2.23. The van der Waals surface area contributed by atoms with E-state index in [2.05, 4.69) is 27.3 Å². The Balaban J connectivity index is 1.30. The smallest absolute Gasteiger partial charge is 0.220 e. The van der Waals surface area contributed by atoms with Crippen LogP contribution in [0.2, 0.25) is 0 Å². The monoisotopic (exact) mass is 435 g/mol. The molecule has 1 aliphatic heterocycles. The van der Waals surface area contributed by atoms with Gasteiger partial charge in [-0.3, -0.25) is 9.69 Å². The van der Waals surface area contributed by atoms with Crippen LogP contribution in [0.4, 0.5) is 0 Å². The van der Waals surface area contributed by atoms with Crippen molar-refractivity contribution in [3.63, 3.8) is 0 Å². The molecule has 3 aromatic rings. The van der Waals surface area contributed by atoms with Crippen LogP contribution in [0.3, 0.4) is 0 Å². The fourth-order valence-electron chi connectivity index (χ4n) is 3.86. The summed E-state index contributed by atoms with van der Waals surface area (Å²) < 4.78 is 16.5. The highest BCUT2D eigenvalue weighted by atomic mass is 16.5. The van der Waals surface area contributed by atoms with E-state index >= 15 is 0 Å². The van der Waals surface area contributed by atoms with Crippen molar-refractivity contribution in [1.29, 1.82) is 0 Å². The third kappa shape index (κ3) is 5.75. The van der Waals surface area contributed by atoms with E-state index in [0.717, 1.165) is 37.6 Å². The molecule has 7 nitrogen and oxygen atoms in total. The van der Waals surface area contributed by atoms with Crippen molar-refractivity contribution in [2.75, 3.05) is 40.0 Å². The number of morpholine rings is 1. The van der Waals surface area contributed by atoms with Crippen LogP contribution in [0, 0.1) is 0 Å². The normalized spacial score (nSPS) is 15.3. The fraction of sp³-hybridized carbons (Fsp3) is 0.360. The lowest BCUT2D eigenvalue weighted by Gasteiger charge is -2.35. The van der Waals surface area contributed by atoms with E-state index in [1.54, 1.807) is 13.3 Å². The van der Waals surface area contributed by atoms with Crippen LogP contribution in [0.1, 0.15) is 23.9 Å². The number of nitrogens with zero attached hydrogens (tertiary/aromatic N) is 2. The summed E-state index contributed by atoms with van der Waals surface area (Å²) in [6.07, 6.45) is 2.47. The molecule has 4 rings (SSSR count). The van der Waals surface area contributed by atoms with E-state index in [4.69, 9.17) is 13.9 Å². The van der Waals surface area contributed by atoms with Crippen LogP contribution < -0.4 is 10.1 Å². The molecular formula is C25H29N3O4. The second-order valence-corrected chi connectivity index (χ2v) is 7.73. The van der Waals surface area contributed by atoms with Crippen molar-refractivity contribution in [2.45, 2.75) is 18.9 Å². The van der Waals surface area contributed by atoms with Crippen molar-refractivity contribution in [2.24, 2.45) is 0 Å². The maximum atomic E-state index is 12.5. The number of methoxy groups -OCH3 is 1. The first-order chi connectivity index (χ1) is 15.7. The molecule has 0 spiro atoms. The summed E-state index contributed by atoms with van der Waals surface area (Å²) in [6, 6.07) is 18.0. The Kier molecular flexibility index (Phi) is 7.53. The number of hydrogen-bond donors (Lipinski definition) is 1. The molecule has 1 amide bonds. The zero-order chi connectivity index (χ0) is 22.2. The average Bonchev–Trinajstić information content (AvgIpc) is 3.33. The van der Waals surface area contributed by atoms with Crippen LogP contribution in [0.15, 0.2) is 65.2 Å². The van der Waals surface area contributed by atoms with Crippen molar-refractivity contribution in [3.05, 3.63) is 72.2 Å². The molecule has 0 radical (unpaired) electrons. The Morgan fingerprint density at radius 3 is 2.59 bits per heavy atom. The molecule has 32 heavy (non-hydrogen) atoms. The minimum atomic E-state index is -0.0108. The summed E-state index contributed by atoms with van der Waals surface area (Å²) in [4.78, 5) is 19.2. The minimum absolute atomic E-state index is 0.0108. The van der Waals surface area contributed by atoms with E-state index < -0.39 is 0 Å². The maximum absolute atomic E-state index is 12.5. The van der Waals surface area contributed by atoms with Gasteiger partial charge in [-0.05, 0) is 29.8 Å². The van der Waals surface area contributed by atoms with Gasteiger partial charge in [0.2, 0.25) is 5.91 Å². The Bertz CT molecular complexity index is 982. The summed E-state index contributed by atoms with van der Waals surface area (Å²) in [5.74, 6) is 2.01. The summed E-state index contributed by atoms with van der Waals surface area (Å²) >= 11 is 0. The summed E-state index contributed by atoms with van der Waals surface area (Å²) in [5.41, 5.74) is 2.12. The fourth-order valence-corrected chi connectivity index (χ4v) is 3.86. The SMILES string of the molecule is COc1ccc(-c2cnc(CCC(=O)NCC(c3ccccc3)N3CCOCC3)o2)cc1. The second-order valence-electron chi connectivity index (χ2n) is 7.73. The molecule has 1 unspecified atom stereocenters. The van der Waals surface area contributed by atoms with E-state index in [-0.39, 0.29) is 11.9 Å². The van der Waals surface area contributed by atoms with Crippen molar-refractivity contribution >= 4 is 5.91 Å². The zero-order valence-corrected chi connectivity index (χ0v) is 18.3. The second kappa shape index (κ2) is 10.9. The lowest BCUT2D eigenvalue weighted by Crippen LogP contribution is -2.43. The molecule has 0 saturated carbocycles. The molecule has 1 fully saturated rings. The van der Waals surface area contributed by atoms with Crippen LogP contribution in [-0.2, 0) is 16.0 Å². The van der Waals surface area contributed by atoms with E-state index in [1.165, 1.54) is 5.56 Å².